The lowest BCUT2D eigenvalue weighted by Gasteiger charge is -2.14. The molecule has 0 radical (unpaired) electrons. The van der Waals surface area contributed by atoms with Crippen LogP contribution >= 0.6 is 0 Å². The zero-order valence-corrected chi connectivity index (χ0v) is 13.9. The second-order valence-corrected chi connectivity index (χ2v) is 5.45. The molecule has 128 valence electrons. The summed E-state index contributed by atoms with van der Waals surface area (Å²) in [4.78, 5) is 22.6. The molecule has 0 aliphatic carbocycles. The van der Waals surface area contributed by atoms with Crippen LogP contribution in [0.3, 0.4) is 0 Å². The highest BCUT2D eigenvalue weighted by Crippen LogP contribution is 2.30. The van der Waals surface area contributed by atoms with E-state index in [0.717, 1.165) is 19.3 Å². The van der Waals surface area contributed by atoms with Crippen molar-refractivity contribution in [3.05, 3.63) is 18.2 Å². The molecule has 6 nitrogen and oxygen atoms in total. The minimum Gasteiger partial charge on any atom is -0.493 e. The van der Waals surface area contributed by atoms with Gasteiger partial charge in [0.2, 0.25) is 5.91 Å². The Morgan fingerprint density at radius 3 is 2.43 bits per heavy atom. The first kappa shape index (κ1) is 18.8. The number of carboxylic acid groups (broad SMARTS) is 1. The van der Waals surface area contributed by atoms with Crippen molar-refractivity contribution in [2.45, 2.75) is 39.0 Å². The first-order valence-electron chi connectivity index (χ1n) is 7.72. The quantitative estimate of drug-likeness (QED) is 0.645. The molecular weight excluding hydrogens is 298 g/mol. The van der Waals surface area contributed by atoms with Gasteiger partial charge in [0, 0.05) is 24.1 Å². The number of aliphatic carboxylic acids is 1. The van der Waals surface area contributed by atoms with E-state index < -0.39 is 5.97 Å². The second-order valence-electron chi connectivity index (χ2n) is 5.45. The third kappa shape index (κ3) is 6.59. The number of unbranched alkanes of at least 4 members (excludes halogenated alkanes) is 2. The summed E-state index contributed by atoms with van der Waals surface area (Å²) in [5, 5.41) is 11.4. The molecule has 1 rings (SSSR count). The summed E-state index contributed by atoms with van der Waals surface area (Å²) in [6, 6.07) is 5.22. The number of carbonyl (C=O) groups excluding carboxylic acids is 1. The summed E-state index contributed by atoms with van der Waals surface area (Å²) in [7, 11) is 3.10. The van der Waals surface area contributed by atoms with E-state index in [4.69, 9.17) is 14.6 Å². The van der Waals surface area contributed by atoms with Crippen LogP contribution in [0.1, 0.15) is 39.0 Å². The van der Waals surface area contributed by atoms with Gasteiger partial charge in [0.15, 0.2) is 11.5 Å². The smallest absolute Gasteiger partial charge is 0.303 e. The maximum absolute atomic E-state index is 12.2. The van der Waals surface area contributed by atoms with Crippen LogP contribution in [0.15, 0.2) is 18.2 Å². The Morgan fingerprint density at radius 2 is 1.83 bits per heavy atom. The summed E-state index contributed by atoms with van der Waals surface area (Å²) in [5.41, 5.74) is 0.658. The lowest BCUT2D eigenvalue weighted by molar-refractivity contribution is -0.137. The van der Waals surface area contributed by atoms with Gasteiger partial charge in [-0.05, 0) is 25.0 Å². The minimum absolute atomic E-state index is 0.0598. The molecule has 0 saturated heterocycles. The molecule has 0 aromatic heterocycles. The molecule has 6 heteroatoms. The molecule has 0 heterocycles. The summed E-state index contributed by atoms with van der Waals surface area (Å²) in [6.45, 7) is 1.87. The maximum atomic E-state index is 12.2. The standard InChI is InChI=1S/C17H25NO5/c1-12(7-5-4-6-8-16(19)20)17(21)18-13-9-10-14(22-2)15(11-13)23-3/h9-12H,4-8H2,1-3H3,(H,18,21)(H,19,20). The fourth-order valence-electron chi connectivity index (χ4n) is 2.21. The van der Waals surface area contributed by atoms with E-state index in [1.54, 1.807) is 32.4 Å². The number of carboxylic acids is 1. The third-order valence-corrected chi connectivity index (χ3v) is 3.63. The highest BCUT2D eigenvalue weighted by atomic mass is 16.5. The van der Waals surface area contributed by atoms with Crippen LogP contribution in [0.2, 0.25) is 0 Å². The van der Waals surface area contributed by atoms with Gasteiger partial charge < -0.3 is 19.9 Å². The minimum atomic E-state index is -0.774. The molecule has 0 saturated carbocycles. The number of amides is 1. The number of nitrogens with one attached hydrogen (secondary N) is 1. The van der Waals surface area contributed by atoms with Gasteiger partial charge in [0.25, 0.3) is 0 Å². The van der Waals surface area contributed by atoms with Crippen molar-refractivity contribution in [3.63, 3.8) is 0 Å². The average Bonchev–Trinajstić information content (AvgIpc) is 2.53. The van der Waals surface area contributed by atoms with Crippen molar-refractivity contribution in [3.8, 4) is 11.5 Å². The van der Waals surface area contributed by atoms with E-state index >= 15 is 0 Å². The predicted molar refractivity (Wildman–Crippen MR) is 88.1 cm³/mol. The SMILES string of the molecule is COc1ccc(NC(=O)C(C)CCCCCC(=O)O)cc1OC. The van der Waals surface area contributed by atoms with E-state index in [1.165, 1.54) is 0 Å². The summed E-state index contributed by atoms with van der Waals surface area (Å²) in [6.07, 6.45) is 3.23. The van der Waals surface area contributed by atoms with Gasteiger partial charge in [-0.2, -0.15) is 0 Å². The average molecular weight is 323 g/mol. The van der Waals surface area contributed by atoms with E-state index in [2.05, 4.69) is 5.32 Å². The molecule has 1 unspecified atom stereocenters. The molecule has 1 aromatic carbocycles. The Morgan fingerprint density at radius 1 is 1.13 bits per heavy atom. The number of anilines is 1. The lowest BCUT2D eigenvalue weighted by atomic mass is 10.0. The highest BCUT2D eigenvalue weighted by Gasteiger charge is 2.14. The number of methoxy groups -OCH3 is 2. The van der Waals surface area contributed by atoms with Gasteiger partial charge in [0.1, 0.15) is 0 Å². The van der Waals surface area contributed by atoms with E-state index in [0.29, 0.717) is 23.6 Å². The normalized spacial score (nSPS) is 11.6. The monoisotopic (exact) mass is 323 g/mol. The Balaban J connectivity index is 2.44. The van der Waals surface area contributed by atoms with E-state index in [9.17, 15) is 9.59 Å². The zero-order chi connectivity index (χ0) is 17.2. The molecular formula is C17H25NO5. The highest BCUT2D eigenvalue weighted by molar-refractivity contribution is 5.92. The Hall–Kier alpha value is -2.24. The fraction of sp³-hybridized carbons (Fsp3) is 0.529. The van der Waals surface area contributed by atoms with Gasteiger partial charge in [-0.3, -0.25) is 9.59 Å². The first-order valence-corrected chi connectivity index (χ1v) is 7.72. The summed E-state index contributed by atoms with van der Waals surface area (Å²) >= 11 is 0. The van der Waals surface area contributed by atoms with Crippen LogP contribution in [0.25, 0.3) is 0 Å². The number of hydrogen-bond acceptors (Lipinski definition) is 4. The van der Waals surface area contributed by atoms with Crippen molar-refractivity contribution >= 4 is 17.6 Å². The maximum Gasteiger partial charge on any atom is 0.303 e. The molecule has 0 aliphatic heterocycles. The Bertz CT molecular complexity index is 530. The van der Waals surface area contributed by atoms with Crippen LogP contribution < -0.4 is 14.8 Å². The Labute approximate surface area is 136 Å². The van der Waals surface area contributed by atoms with Crippen LogP contribution in [0.4, 0.5) is 5.69 Å². The number of carbonyl (C=O) groups is 2. The molecule has 1 atom stereocenters. The second kappa shape index (κ2) is 9.71. The molecule has 0 fully saturated rings. The van der Waals surface area contributed by atoms with E-state index in [-0.39, 0.29) is 18.2 Å². The Kier molecular flexibility index (Phi) is 7.94. The number of ether oxygens (including phenoxy) is 2. The van der Waals surface area contributed by atoms with E-state index in [1.807, 2.05) is 6.92 Å². The number of benzene rings is 1. The predicted octanol–water partition coefficient (Wildman–Crippen LogP) is 3.31. The third-order valence-electron chi connectivity index (χ3n) is 3.63. The molecule has 2 N–H and O–H groups in total. The van der Waals surface area contributed by atoms with Gasteiger partial charge in [-0.1, -0.05) is 19.8 Å². The number of rotatable bonds is 10. The van der Waals surface area contributed by atoms with Crippen molar-refractivity contribution in [2.75, 3.05) is 19.5 Å². The van der Waals surface area contributed by atoms with Crippen molar-refractivity contribution in [1.29, 1.82) is 0 Å². The van der Waals surface area contributed by atoms with Crippen LogP contribution in [0, 0.1) is 5.92 Å². The van der Waals surface area contributed by atoms with Gasteiger partial charge in [-0.15, -0.1) is 0 Å². The van der Waals surface area contributed by atoms with Crippen molar-refractivity contribution in [2.24, 2.45) is 5.92 Å². The first-order chi connectivity index (χ1) is 11.0. The zero-order valence-electron chi connectivity index (χ0n) is 13.9. The molecule has 0 bridgehead atoms. The lowest BCUT2D eigenvalue weighted by Crippen LogP contribution is -2.20. The molecule has 0 aliphatic rings. The van der Waals surface area contributed by atoms with Gasteiger partial charge in [-0.25, -0.2) is 0 Å². The topological polar surface area (TPSA) is 84.9 Å². The van der Waals surface area contributed by atoms with Crippen LogP contribution in [-0.2, 0) is 9.59 Å². The molecule has 1 aromatic rings. The molecule has 23 heavy (non-hydrogen) atoms. The summed E-state index contributed by atoms with van der Waals surface area (Å²) < 4.78 is 10.4. The molecule has 0 spiro atoms. The number of hydrogen-bond donors (Lipinski definition) is 2. The molecule has 1 amide bonds. The summed E-state index contributed by atoms with van der Waals surface area (Å²) in [5.74, 6) is 0.205. The van der Waals surface area contributed by atoms with Crippen molar-refractivity contribution < 1.29 is 24.2 Å². The van der Waals surface area contributed by atoms with Gasteiger partial charge >= 0.3 is 5.97 Å². The van der Waals surface area contributed by atoms with Crippen LogP contribution in [-0.4, -0.2) is 31.2 Å². The largest absolute Gasteiger partial charge is 0.493 e. The van der Waals surface area contributed by atoms with Gasteiger partial charge in [0.05, 0.1) is 14.2 Å². The van der Waals surface area contributed by atoms with Crippen LogP contribution in [0.5, 0.6) is 11.5 Å². The fourth-order valence-corrected chi connectivity index (χ4v) is 2.21. The van der Waals surface area contributed by atoms with Crippen molar-refractivity contribution in [1.82, 2.24) is 0 Å².